The number of halogens is 3. The molecule has 10 heteroatoms. The highest BCUT2D eigenvalue weighted by Gasteiger charge is 2.48. The standard InChI is InChI=1S/C18H19F3N4O2S/c1-24-17(18(19,20)21)27-16(23-24)12-6-7-13(15(9-12)26-2)11-25(28-3)14-5-4-8-22-10-14/h4-10,17H,11H2,1-3H3. The zero-order valence-electron chi connectivity index (χ0n) is 15.5. The number of hydrogen-bond acceptors (Lipinski definition) is 7. The number of hydrogen-bond donors (Lipinski definition) is 0. The predicted molar refractivity (Wildman–Crippen MR) is 102 cm³/mol. The molecule has 6 nitrogen and oxygen atoms in total. The first-order valence-electron chi connectivity index (χ1n) is 8.27. The molecular formula is C18H19F3N4O2S. The molecule has 150 valence electrons. The number of aromatic nitrogens is 1. The maximum atomic E-state index is 13.0. The fourth-order valence-corrected chi connectivity index (χ4v) is 3.32. The molecule has 1 aromatic carbocycles. The van der Waals surface area contributed by atoms with Crippen LogP contribution in [0.5, 0.6) is 5.75 Å². The van der Waals surface area contributed by atoms with Crippen LogP contribution in [0.15, 0.2) is 47.8 Å². The first-order chi connectivity index (χ1) is 13.3. The third-order valence-electron chi connectivity index (χ3n) is 4.09. The van der Waals surface area contributed by atoms with Crippen molar-refractivity contribution in [2.45, 2.75) is 18.9 Å². The van der Waals surface area contributed by atoms with Gasteiger partial charge in [0.1, 0.15) is 5.75 Å². The summed E-state index contributed by atoms with van der Waals surface area (Å²) in [6.07, 6.45) is -1.23. The average molecular weight is 412 g/mol. The second-order valence-corrected chi connectivity index (χ2v) is 6.75. The lowest BCUT2D eigenvalue weighted by atomic mass is 10.1. The third-order valence-corrected chi connectivity index (χ3v) is 4.87. The molecule has 2 heterocycles. The predicted octanol–water partition coefficient (Wildman–Crippen LogP) is 3.89. The minimum atomic E-state index is -4.54. The average Bonchev–Trinajstić information content (AvgIpc) is 3.09. The van der Waals surface area contributed by atoms with E-state index in [1.54, 1.807) is 30.6 Å². The van der Waals surface area contributed by atoms with E-state index in [-0.39, 0.29) is 5.90 Å². The molecule has 0 aliphatic carbocycles. The maximum absolute atomic E-state index is 13.0. The molecule has 1 aliphatic rings. The molecule has 0 fully saturated rings. The molecule has 0 amide bonds. The molecule has 1 atom stereocenters. The van der Waals surface area contributed by atoms with Crippen LogP contribution >= 0.6 is 11.9 Å². The SMILES string of the molecule is COc1cc(C2=NN(C)C(C(F)(F)F)O2)ccc1CN(SC)c1cccnc1. The van der Waals surface area contributed by atoms with Crippen molar-refractivity contribution in [3.63, 3.8) is 0 Å². The number of nitrogens with zero attached hydrogens (tertiary/aromatic N) is 4. The van der Waals surface area contributed by atoms with Crippen LogP contribution in [0, 0.1) is 0 Å². The van der Waals surface area contributed by atoms with E-state index < -0.39 is 12.4 Å². The van der Waals surface area contributed by atoms with Gasteiger partial charge in [-0.15, -0.1) is 5.10 Å². The van der Waals surface area contributed by atoms with Crippen molar-refractivity contribution in [3.8, 4) is 5.75 Å². The van der Waals surface area contributed by atoms with E-state index in [4.69, 9.17) is 9.47 Å². The number of ether oxygens (including phenoxy) is 2. The minimum Gasteiger partial charge on any atom is -0.496 e. The Morgan fingerprint density at radius 3 is 2.68 bits per heavy atom. The van der Waals surface area contributed by atoms with Crippen LogP contribution in [-0.4, -0.2) is 48.7 Å². The van der Waals surface area contributed by atoms with Crippen molar-refractivity contribution >= 4 is 23.5 Å². The fourth-order valence-electron chi connectivity index (χ4n) is 2.73. The van der Waals surface area contributed by atoms with Gasteiger partial charge in [0.2, 0.25) is 5.90 Å². The smallest absolute Gasteiger partial charge is 0.447 e. The number of pyridine rings is 1. The van der Waals surface area contributed by atoms with Gasteiger partial charge in [-0.1, -0.05) is 18.0 Å². The van der Waals surface area contributed by atoms with E-state index in [0.29, 0.717) is 17.9 Å². The normalized spacial score (nSPS) is 16.6. The molecule has 0 saturated carbocycles. The Bertz CT molecular complexity index is 848. The van der Waals surface area contributed by atoms with Crippen molar-refractivity contribution in [2.75, 3.05) is 24.7 Å². The molecule has 1 unspecified atom stereocenters. The summed E-state index contributed by atoms with van der Waals surface area (Å²) in [4.78, 5) is 4.12. The Balaban J connectivity index is 1.82. The summed E-state index contributed by atoms with van der Waals surface area (Å²) >= 11 is 1.53. The maximum Gasteiger partial charge on any atom is 0.447 e. The molecule has 0 N–H and O–H groups in total. The van der Waals surface area contributed by atoms with E-state index in [0.717, 1.165) is 16.3 Å². The molecule has 3 rings (SSSR count). The monoisotopic (exact) mass is 412 g/mol. The summed E-state index contributed by atoms with van der Waals surface area (Å²) in [5, 5.41) is 4.62. The topological polar surface area (TPSA) is 50.2 Å². The Labute approximate surface area is 165 Å². The molecule has 1 aliphatic heterocycles. The van der Waals surface area contributed by atoms with Crippen molar-refractivity contribution in [1.82, 2.24) is 9.99 Å². The van der Waals surface area contributed by atoms with Crippen molar-refractivity contribution in [2.24, 2.45) is 5.10 Å². The zero-order valence-corrected chi connectivity index (χ0v) is 16.3. The summed E-state index contributed by atoms with van der Waals surface area (Å²) in [5.74, 6) is 0.438. The molecular weight excluding hydrogens is 393 g/mol. The van der Waals surface area contributed by atoms with E-state index in [1.165, 1.54) is 26.1 Å². The Morgan fingerprint density at radius 2 is 2.11 bits per heavy atom. The van der Waals surface area contributed by atoms with Gasteiger partial charge in [-0.3, -0.25) is 4.98 Å². The highest BCUT2D eigenvalue weighted by atomic mass is 32.2. The number of anilines is 1. The highest BCUT2D eigenvalue weighted by molar-refractivity contribution is 7.99. The Hall–Kier alpha value is -2.62. The number of benzene rings is 1. The molecule has 28 heavy (non-hydrogen) atoms. The second kappa shape index (κ2) is 8.17. The quantitative estimate of drug-likeness (QED) is 0.671. The lowest BCUT2D eigenvalue weighted by Gasteiger charge is -2.22. The lowest BCUT2D eigenvalue weighted by molar-refractivity contribution is -0.230. The number of methoxy groups -OCH3 is 1. The van der Waals surface area contributed by atoms with Gasteiger partial charge in [-0.05, 0) is 24.3 Å². The Kier molecular flexibility index (Phi) is 5.87. The van der Waals surface area contributed by atoms with Gasteiger partial charge in [0.15, 0.2) is 0 Å². The van der Waals surface area contributed by atoms with Gasteiger partial charge >= 0.3 is 6.18 Å². The van der Waals surface area contributed by atoms with E-state index in [9.17, 15) is 13.2 Å². The van der Waals surface area contributed by atoms with Crippen molar-refractivity contribution in [3.05, 3.63) is 53.9 Å². The van der Waals surface area contributed by atoms with Gasteiger partial charge in [0.25, 0.3) is 6.23 Å². The van der Waals surface area contributed by atoms with Crippen LogP contribution < -0.4 is 9.04 Å². The zero-order chi connectivity index (χ0) is 20.3. The van der Waals surface area contributed by atoms with Crippen LogP contribution in [0.1, 0.15) is 11.1 Å². The first-order valence-corrected chi connectivity index (χ1v) is 9.45. The second-order valence-electron chi connectivity index (χ2n) is 5.95. The van der Waals surface area contributed by atoms with Gasteiger partial charge in [-0.2, -0.15) is 13.2 Å². The molecule has 0 saturated heterocycles. The van der Waals surface area contributed by atoms with Crippen molar-refractivity contribution < 1.29 is 22.6 Å². The summed E-state index contributed by atoms with van der Waals surface area (Å²) in [7, 11) is 2.74. The van der Waals surface area contributed by atoms with Gasteiger partial charge in [-0.25, -0.2) is 5.01 Å². The van der Waals surface area contributed by atoms with E-state index in [1.807, 2.05) is 22.7 Å². The third kappa shape index (κ3) is 4.27. The lowest BCUT2D eigenvalue weighted by Crippen LogP contribution is -2.39. The fraction of sp³-hybridized carbons (Fsp3) is 0.333. The van der Waals surface area contributed by atoms with Gasteiger partial charge in [0, 0.05) is 30.6 Å². The summed E-state index contributed by atoms with van der Waals surface area (Å²) in [6.45, 7) is 0.523. The van der Waals surface area contributed by atoms with Crippen LogP contribution in [0.3, 0.4) is 0 Å². The van der Waals surface area contributed by atoms with Crippen LogP contribution in [0.4, 0.5) is 18.9 Å². The highest BCUT2D eigenvalue weighted by Crippen LogP contribution is 2.32. The molecule has 0 spiro atoms. The van der Waals surface area contributed by atoms with Crippen molar-refractivity contribution in [1.29, 1.82) is 0 Å². The molecule has 0 bridgehead atoms. The molecule has 1 aromatic heterocycles. The molecule has 2 aromatic rings. The number of hydrazone groups is 1. The minimum absolute atomic E-state index is 0.0938. The van der Waals surface area contributed by atoms with Crippen LogP contribution in [0.2, 0.25) is 0 Å². The summed E-state index contributed by atoms with van der Waals surface area (Å²) < 4.78 is 51.4. The van der Waals surface area contributed by atoms with Gasteiger partial charge < -0.3 is 13.8 Å². The number of alkyl halides is 3. The first kappa shape index (κ1) is 20.1. The number of rotatable bonds is 6. The summed E-state index contributed by atoms with van der Waals surface area (Å²) in [5.41, 5.74) is 2.21. The van der Waals surface area contributed by atoms with Crippen LogP contribution in [-0.2, 0) is 11.3 Å². The summed E-state index contributed by atoms with van der Waals surface area (Å²) in [6, 6.07) is 8.88. The Morgan fingerprint density at radius 1 is 1.32 bits per heavy atom. The van der Waals surface area contributed by atoms with E-state index >= 15 is 0 Å². The van der Waals surface area contributed by atoms with Crippen LogP contribution in [0.25, 0.3) is 0 Å². The van der Waals surface area contributed by atoms with E-state index in [2.05, 4.69) is 10.1 Å². The van der Waals surface area contributed by atoms with Gasteiger partial charge in [0.05, 0.1) is 25.5 Å². The largest absolute Gasteiger partial charge is 0.496 e. The molecule has 0 radical (unpaired) electrons.